The molecule has 0 aliphatic rings. The quantitative estimate of drug-likeness (QED) is 0.552. The third kappa shape index (κ3) is 4.15. The van der Waals surface area contributed by atoms with Crippen molar-refractivity contribution in [2.24, 2.45) is 0 Å². The van der Waals surface area contributed by atoms with Crippen LogP contribution in [0.2, 0.25) is 0 Å². The van der Waals surface area contributed by atoms with E-state index in [0.29, 0.717) is 16.5 Å². The Bertz CT molecular complexity index is 844. The predicted octanol–water partition coefficient (Wildman–Crippen LogP) is -0.100. The molecule has 0 saturated heterocycles. The summed E-state index contributed by atoms with van der Waals surface area (Å²) >= 11 is 0. The summed E-state index contributed by atoms with van der Waals surface area (Å²) in [6.07, 6.45) is -0.846. The second kappa shape index (κ2) is 7.36. The first-order chi connectivity index (χ1) is 11.4. The molecule has 0 saturated carbocycles. The standard InChI is InChI=1S/C15H15N3O6/c19-12(16-10(15(23)24)5-6-13(20)21)7-11-8-3-1-2-4-9(8)14(22)18-17-11/h1-4,10H,5-7H2,(H,16,19)(H,18,22)(H,20,21)(H,23,24). The predicted molar refractivity (Wildman–Crippen MR) is 82.5 cm³/mol. The largest absolute Gasteiger partial charge is 0.481 e. The number of aromatic amines is 1. The number of nitrogens with zero attached hydrogens (tertiary/aromatic N) is 1. The van der Waals surface area contributed by atoms with Crippen LogP contribution in [0, 0.1) is 0 Å². The Morgan fingerprint density at radius 3 is 2.46 bits per heavy atom. The molecule has 126 valence electrons. The summed E-state index contributed by atoms with van der Waals surface area (Å²) in [7, 11) is 0. The van der Waals surface area contributed by atoms with Gasteiger partial charge in [0.1, 0.15) is 6.04 Å². The number of fused-ring (bicyclic) bond motifs is 1. The van der Waals surface area contributed by atoms with E-state index in [2.05, 4.69) is 15.5 Å². The molecule has 0 aliphatic heterocycles. The normalized spacial score (nSPS) is 11.8. The minimum absolute atomic E-state index is 0.226. The van der Waals surface area contributed by atoms with Crippen LogP contribution in [0.4, 0.5) is 0 Å². The average Bonchev–Trinajstić information content (AvgIpc) is 2.54. The van der Waals surface area contributed by atoms with Crippen LogP contribution in [0.1, 0.15) is 18.5 Å². The maximum atomic E-state index is 12.0. The number of aliphatic carboxylic acids is 2. The Morgan fingerprint density at radius 1 is 1.17 bits per heavy atom. The van der Waals surface area contributed by atoms with E-state index in [1.54, 1.807) is 24.3 Å². The lowest BCUT2D eigenvalue weighted by atomic mass is 10.1. The molecule has 1 amide bonds. The third-order valence-electron chi connectivity index (χ3n) is 3.38. The maximum Gasteiger partial charge on any atom is 0.326 e. The van der Waals surface area contributed by atoms with E-state index in [4.69, 9.17) is 10.2 Å². The van der Waals surface area contributed by atoms with Gasteiger partial charge >= 0.3 is 11.9 Å². The van der Waals surface area contributed by atoms with Gasteiger partial charge in [-0.05, 0) is 12.5 Å². The van der Waals surface area contributed by atoms with Crippen LogP contribution in [-0.2, 0) is 20.8 Å². The average molecular weight is 333 g/mol. The number of H-pyrrole nitrogens is 1. The van der Waals surface area contributed by atoms with Gasteiger partial charge in [0.25, 0.3) is 5.56 Å². The van der Waals surface area contributed by atoms with Crippen molar-refractivity contribution in [3.05, 3.63) is 40.3 Å². The molecule has 0 radical (unpaired) electrons. The molecule has 1 heterocycles. The van der Waals surface area contributed by atoms with Gasteiger partial charge in [0.15, 0.2) is 0 Å². The summed E-state index contributed by atoms with van der Waals surface area (Å²) in [5.41, 5.74) is -0.0929. The van der Waals surface area contributed by atoms with E-state index in [9.17, 15) is 19.2 Å². The summed E-state index contributed by atoms with van der Waals surface area (Å²) in [6.45, 7) is 0. The molecule has 24 heavy (non-hydrogen) atoms. The molecule has 1 unspecified atom stereocenters. The van der Waals surface area contributed by atoms with Gasteiger partial charge in [-0.25, -0.2) is 9.89 Å². The second-order valence-corrected chi connectivity index (χ2v) is 5.11. The zero-order valence-corrected chi connectivity index (χ0v) is 12.5. The number of carboxylic acids is 2. The molecule has 9 nitrogen and oxygen atoms in total. The highest BCUT2D eigenvalue weighted by Crippen LogP contribution is 2.13. The summed E-state index contributed by atoms with van der Waals surface area (Å²) in [6, 6.07) is 5.29. The van der Waals surface area contributed by atoms with Gasteiger partial charge < -0.3 is 15.5 Å². The molecule has 2 aromatic rings. The monoisotopic (exact) mass is 333 g/mol. The van der Waals surface area contributed by atoms with E-state index >= 15 is 0 Å². The highest BCUT2D eigenvalue weighted by molar-refractivity contribution is 5.90. The van der Waals surface area contributed by atoms with Gasteiger partial charge in [-0.3, -0.25) is 14.4 Å². The van der Waals surface area contributed by atoms with Gasteiger partial charge in [-0.2, -0.15) is 5.10 Å². The van der Waals surface area contributed by atoms with E-state index in [1.165, 1.54) is 0 Å². The van der Waals surface area contributed by atoms with E-state index < -0.39 is 23.9 Å². The molecule has 9 heteroatoms. The van der Waals surface area contributed by atoms with Crippen LogP contribution in [0.15, 0.2) is 29.1 Å². The first kappa shape index (κ1) is 17.1. The molecule has 0 fully saturated rings. The topological polar surface area (TPSA) is 149 Å². The fraction of sp³-hybridized carbons (Fsp3) is 0.267. The lowest BCUT2D eigenvalue weighted by Crippen LogP contribution is -2.42. The lowest BCUT2D eigenvalue weighted by Gasteiger charge is -2.13. The highest BCUT2D eigenvalue weighted by Gasteiger charge is 2.21. The number of aromatic nitrogens is 2. The molecule has 1 aromatic carbocycles. The van der Waals surface area contributed by atoms with Crippen LogP contribution in [0.25, 0.3) is 10.8 Å². The zero-order valence-electron chi connectivity index (χ0n) is 12.5. The molecular formula is C15H15N3O6. The van der Waals surface area contributed by atoms with Crippen LogP contribution in [0.3, 0.4) is 0 Å². The number of hydrogen-bond acceptors (Lipinski definition) is 5. The van der Waals surface area contributed by atoms with Crippen LogP contribution in [-0.4, -0.2) is 44.3 Å². The van der Waals surface area contributed by atoms with E-state index in [-0.39, 0.29) is 24.8 Å². The van der Waals surface area contributed by atoms with Gasteiger partial charge in [-0.1, -0.05) is 18.2 Å². The van der Waals surface area contributed by atoms with Crippen LogP contribution < -0.4 is 10.9 Å². The van der Waals surface area contributed by atoms with Gasteiger partial charge in [0, 0.05) is 11.8 Å². The van der Waals surface area contributed by atoms with Crippen molar-refractivity contribution < 1.29 is 24.6 Å². The first-order valence-electron chi connectivity index (χ1n) is 7.08. The smallest absolute Gasteiger partial charge is 0.326 e. The fourth-order valence-corrected chi connectivity index (χ4v) is 2.23. The molecule has 0 aliphatic carbocycles. The number of benzene rings is 1. The third-order valence-corrected chi connectivity index (χ3v) is 3.38. The van der Waals surface area contributed by atoms with Gasteiger partial charge in [0.2, 0.25) is 5.91 Å². The number of amides is 1. The number of nitrogens with one attached hydrogen (secondary N) is 2. The molecule has 0 spiro atoms. The van der Waals surface area contributed by atoms with Crippen molar-refractivity contribution >= 4 is 28.6 Å². The summed E-state index contributed by atoms with van der Waals surface area (Å²) in [5.74, 6) is -3.09. The molecule has 4 N–H and O–H groups in total. The molecular weight excluding hydrogens is 318 g/mol. The molecule has 1 aromatic heterocycles. The number of rotatable bonds is 7. The number of carboxylic acid groups (broad SMARTS) is 2. The SMILES string of the molecule is O=C(O)CCC(NC(=O)Cc1n[nH]c(=O)c2ccccc12)C(=O)O. The minimum atomic E-state index is -1.32. The Hall–Kier alpha value is -3.23. The maximum absolute atomic E-state index is 12.0. The highest BCUT2D eigenvalue weighted by atomic mass is 16.4. The fourth-order valence-electron chi connectivity index (χ4n) is 2.23. The minimum Gasteiger partial charge on any atom is -0.481 e. The molecule has 0 bridgehead atoms. The van der Waals surface area contributed by atoms with Gasteiger partial charge in [0.05, 0.1) is 17.5 Å². The van der Waals surface area contributed by atoms with E-state index in [0.717, 1.165) is 0 Å². The van der Waals surface area contributed by atoms with Crippen molar-refractivity contribution in [2.75, 3.05) is 0 Å². The number of carbonyl (C=O) groups excluding carboxylic acids is 1. The van der Waals surface area contributed by atoms with Crippen molar-refractivity contribution in [1.82, 2.24) is 15.5 Å². The summed E-state index contributed by atoms with van der Waals surface area (Å²) < 4.78 is 0. The van der Waals surface area contributed by atoms with Crippen molar-refractivity contribution in [3.63, 3.8) is 0 Å². The zero-order chi connectivity index (χ0) is 17.7. The van der Waals surface area contributed by atoms with E-state index in [1.807, 2.05) is 0 Å². The lowest BCUT2D eigenvalue weighted by molar-refractivity contribution is -0.143. The van der Waals surface area contributed by atoms with Crippen LogP contribution >= 0.6 is 0 Å². The number of carbonyl (C=O) groups is 3. The Kier molecular flexibility index (Phi) is 5.25. The first-order valence-corrected chi connectivity index (χ1v) is 7.08. The number of hydrogen-bond donors (Lipinski definition) is 4. The molecule has 1 atom stereocenters. The second-order valence-electron chi connectivity index (χ2n) is 5.11. The summed E-state index contributed by atoms with van der Waals surface area (Å²) in [5, 5.41) is 26.9. The Labute approximate surface area is 135 Å². The van der Waals surface area contributed by atoms with Gasteiger partial charge in [-0.15, -0.1) is 0 Å². The van der Waals surface area contributed by atoms with Crippen LogP contribution in [0.5, 0.6) is 0 Å². The Morgan fingerprint density at radius 2 is 1.83 bits per heavy atom. The Balaban J connectivity index is 2.14. The van der Waals surface area contributed by atoms with Crippen molar-refractivity contribution in [1.29, 1.82) is 0 Å². The van der Waals surface area contributed by atoms with Crippen molar-refractivity contribution in [3.8, 4) is 0 Å². The van der Waals surface area contributed by atoms with Crippen molar-refractivity contribution in [2.45, 2.75) is 25.3 Å². The summed E-state index contributed by atoms with van der Waals surface area (Å²) in [4.78, 5) is 45.3. The molecule has 2 rings (SSSR count).